The summed E-state index contributed by atoms with van der Waals surface area (Å²) < 4.78 is 7.35. The SMILES string of the molecule is CC(C)n1c2ccccc2c2c3ccccc3ccc21.CC(C)n1c2ccccc2c2cc3ccccc3cc21.CC(C)n1c2ccccc2c2ccc3ccccc3c21. The van der Waals surface area contributed by atoms with Crippen LogP contribution in [0.5, 0.6) is 0 Å². The third kappa shape index (κ3) is 6.11. The molecular formula is C57H51N3. The summed E-state index contributed by atoms with van der Waals surface area (Å²) in [7, 11) is 0. The van der Waals surface area contributed by atoms with Gasteiger partial charge in [-0.2, -0.15) is 0 Å². The Morgan fingerprint density at radius 3 is 1.30 bits per heavy atom. The molecule has 0 aliphatic rings. The largest absolute Gasteiger partial charge is 0.338 e. The molecule has 0 radical (unpaired) electrons. The number of nitrogens with zero attached hydrogens (tertiary/aromatic N) is 3. The lowest BCUT2D eigenvalue weighted by Crippen LogP contribution is -2.00. The highest BCUT2D eigenvalue weighted by molar-refractivity contribution is 6.21. The first kappa shape index (κ1) is 37.4. The van der Waals surface area contributed by atoms with Gasteiger partial charge in [0, 0.05) is 83.4 Å². The van der Waals surface area contributed by atoms with Gasteiger partial charge in [0.15, 0.2) is 0 Å². The zero-order valence-corrected chi connectivity index (χ0v) is 35.4. The number of rotatable bonds is 3. The summed E-state index contributed by atoms with van der Waals surface area (Å²) in [6.45, 7) is 13.5. The van der Waals surface area contributed by atoms with Crippen LogP contribution in [0.1, 0.15) is 59.7 Å². The Hall–Kier alpha value is -6.84. The minimum Gasteiger partial charge on any atom is -0.338 e. The summed E-state index contributed by atoms with van der Waals surface area (Å²) in [5.74, 6) is 0. The van der Waals surface area contributed by atoms with Crippen molar-refractivity contribution in [2.24, 2.45) is 0 Å². The molecule has 9 aromatic carbocycles. The second-order valence-corrected chi connectivity index (χ2v) is 17.0. The van der Waals surface area contributed by atoms with Gasteiger partial charge in [-0.1, -0.05) is 146 Å². The number of hydrogen-bond donors (Lipinski definition) is 0. The molecule has 0 fully saturated rings. The van der Waals surface area contributed by atoms with E-state index in [4.69, 9.17) is 0 Å². The van der Waals surface area contributed by atoms with E-state index < -0.39 is 0 Å². The van der Waals surface area contributed by atoms with Crippen molar-refractivity contribution in [3.63, 3.8) is 0 Å². The predicted molar refractivity (Wildman–Crippen MR) is 262 cm³/mol. The van der Waals surface area contributed by atoms with Crippen LogP contribution in [0, 0.1) is 0 Å². The lowest BCUT2D eigenvalue weighted by molar-refractivity contribution is 0.642. The summed E-state index contributed by atoms with van der Waals surface area (Å²) in [6, 6.07) is 67.0. The molecule has 0 atom stereocenters. The summed E-state index contributed by atoms with van der Waals surface area (Å²) in [4.78, 5) is 0. The molecule has 0 unspecified atom stereocenters. The molecule has 3 aromatic heterocycles. The first-order valence-electron chi connectivity index (χ1n) is 21.5. The van der Waals surface area contributed by atoms with Crippen molar-refractivity contribution in [2.45, 2.75) is 59.7 Å². The maximum Gasteiger partial charge on any atom is 0.0573 e. The maximum atomic E-state index is 2.47. The summed E-state index contributed by atoms with van der Waals surface area (Å²) in [5.41, 5.74) is 8.01. The second kappa shape index (κ2) is 15.1. The number of aromatic nitrogens is 3. The van der Waals surface area contributed by atoms with Crippen molar-refractivity contribution in [3.8, 4) is 0 Å². The highest BCUT2D eigenvalue weighted by atomic mass is 15.0. The van der Waals surface area contributed by atoms with Crippen molar-refractivity contribution >= 4 is 97.7 Å². The Bertz CT molecular complexity index is 3500. The standard InChI is InChI=1S/3C19H17N/c1-13(2)20-18-10-6-5-9-16(18)17-11-14-7-3-4-8-15(14)12-19(17)20;1-13(2)20-18-10-6-5-9-16(18)17-12-11-14-7-3-4-8-15(14)19(17)20;1-13(2)20-17-10-6-5-9-16(17)19-15-8-4-3-7-14(15)11-12-18(19)20/h3*3-13H,1-2H3. The fraction of sp³-hybridized carbons (Fsp3) is 0.158. The average Bonchev–Trinajstić information content (AvgIpc) is 3.92. The zero-order chi connectivity index (χ0) is 41.1. The summed E-state index contributed by atoms with van der Waals surface area (Å²) in [5, 5.41) is 16.1. The van der Waals surface area contributed by atoms with E-state index in [1.165, 1.54) is 97.7 Å². The van der Waals surface area contributed by atoms with Crippen molar-refractivity contribution in [1.82, 2.24) is 13.7 Å². The van der Waals surface area contributed by atoms with Gasteiger partial charge in [-0.15, -0.1) is 0 Å². The Morgan fingerprint density at radius 1 is 0.267 bits per heavy atom. The minimum absolute atomic E-state index is 0.447. The Balaban J connectivity index is 0.000000108. The first-order chi connectivity index (χ1) is 29.3. The minimum atomic E-state index is 0.447. The van der Waals surface area contributed by atoms with Crippen LogP contribution >= 0.6 is 0 Å². The lowest BCUT2D eigenvalue weighted by Gasteiger charge is -2.13. The Kier molecular flexibility index (Phi) is 9.41. The highest BCUT2D eigenvalue weighted by Crippen LogP contribution is 2.38. The molecule has 3 heterocycles. The van der Waals surface area contributed by atoms with Gasteiger partial charge in [0.1, 0.15) is 0 Å². The molecule has 0 aliphatic heterocycles. The topological polar surface area (TPSA) is 14.8 Å². The third-order valence-electron chi connectivity index (χ3n) is 12.3. The lowest BCUT2D eigenvalue weighted by atomic mass is 10.0. The van der Waals surface area contributed by atoms with Gasteiger partial charge >= 0.3 is 0 Å². The molecule has 60 heavy (non-hydrogen) atoms. The third-order valence-corrected chi connectivity index (χ3v) is 12.3. The molecule has 0 spiro atoms. The van der Waals surface area contributed by atoms with Crippen LogP contribution in [-0.4, -0.2) is 13.7 Å². The number of para-hydroxylation sites is 3. The molecule has 0 saturated carbocycles. The van der Waals surface area contributed by atoms with Gasteiger partial charge < -0.3 is 13.7 Å². The molecule has 3 nitrogen and oxygen atoms in total. The second-order valence-electron chi connectivity index (χ2n) is 17.0. The Labute approximate surface area is 351 Å². The van der Waals surface area contributed by atoms with E-state index in [2.05, 4.69) is 237 Å². The number of fused-ring (bicyclic) bond motifs is 14. The summed E-state index contributed by atoms with van der Waals surface area (Å²) >= 11 is 0. The van der Waals surface area contributed by atoms with E-state index in [1.807, 2.05) is 0 Å². The molecule has 0 bridgehead atoms. The van der Waals surface area contributed by atoms with Gasteiger partial charge in [0.25, 0.3) is 0 Å². The van der Waals surface area contributed by atoms with Crippen molar-refractivity contribution in [1.29, 1.82) is 0 Å². The van der Waals surface area contributed by atoms with Crippen LogP contribution in [0.3, 0.4) is 0 Å². The Morgan fingerprint density at radius 2 is 0.683 bits per heavy atom. The van der Waals surface area contributed by atoms with E-state index in [0.717, 1.165) is 0 Å². The van der Waals surface area contributed by atoms with Crippen LogP contribution in [0.2, 0.25) is 0 Å². The molecule has 12 aromatic rings. The van der Waals surface area contributed by atoms with E-state index >= 15 is 0 Å². The van der Waals surface area contributed by atoms with Crippen LogP contribution in [0.4, 0.5) is 0 Å². The summed E-state index contributed by atoms with van der Waals surface area (Å²) in [6.07, 6.45) is 0. The number of hydrogen-bond acceptors (Lipinski definition) is 0. The smallest absolute Gasteiger partial charge is 0.0573 e. The van der Waals surface area contributed by atoms with Crippen molar-refractivity contribution < 1.29 is 0 Å². The van der Waals surface area contributed by atoms with Crippen LogP contribution in [-0.2, 0) is 0 Å². The molecule has 0 amide bonds. The van der Waals surface area contributed by atoms with Gasteiger partial charge in [0.05, 0.1) is 5.52 Å². The number of benzene rings is 9. The van der Waals surface area contributed by atoms with Crippen LogP contribution in [0.25, 0.3) is 97.7 Å². The molecular weight excluding hydrogens is 727 g/mol. The maximum absolute atomic E-state index is 2.47. The van der Waals surface area contributed by atoms with Crippen molar-refractivity contribution in [3.05, 3.63) is 182 Å². The van der Waals surface area contributed by atoms with E-state index in [-0.39, 0.29) is 0 Å². The normalized spacial score (nSPS) is 11.9. The molecule has 294 valence electrons. The average molecular weight is 778 g/mol. The fourth-order valence-corrected chi connectivity index (χ4v) is 9.87. The van der Waals surface area contributed by atoms with Crippen LogP contribution < -0.4 is 0 Å². The molecule has 3 heteroatoms. The van der Waals surface area contributed by atoms with E-state index in [1.54, 1.807) is 0 Å². The van der Waals surface area contributed by atoms with Gasteiger partial charge in [-0.3, -0.25) is 0 Å². The quantitative estimate of drug-likeness (QED) is 0.170. The molecule has 0 aliphatic carbocycles. The van der Waals surface area contributed by atoms with E-state index in [9.17, 15) is 0 Å². The molecule has 0 N–H and O–H groups in total. The fourth-order valence-electron chi connectivity index (χ4n) is 9.87. The van der Waals surface area contributed by atoms with Gasteiger partial charge in [-0.25, -0.2) is 0 Å². The van der Waals surface area contributed by atoms with E-state index in [0.29, 0.717) is 18.1 Å². The zero-order valence-electron chi connectivity index (χ0n) is 35.4. The predicted octanol–water partition coefficient (Wildman–Crippen LogP) is 16.6. The van der Waals surface area contributed by atoms with Crippen LogP contribution in [0.15, 0.2) is 182 Å². The molecule has 12 rings (SSSR count). The van der Waals surface area contributed by atoms with Crippen molar-refractivity contribution in [2.75, 3.05) is 0 Å². The van der Waals surface area contributed by atoms with Gasteiger partial charge in [0.2, 0.25) is 0 Å². The van der Waals surface area contributed by atoms with Gasteiger partial charge in [-0.05, 0) is 105 Å². The highest BCUT2D eigenvalue weighted by Gasteiger charge is 2.17. The first-order valence-corrected chi connectivity index (χ1v) is 21.5. The molecule has 0 saturated heterocycles. The monoisotopic (exact) mass is 777 g/mol.